The van der Waals surface area contributed by atoms with Gasteiger partial charge >= 0.3 is 17.8 Å². The number of rotatable bonds is 8. The number of carbonyl (C=O) groups excluding carboxylic acids is 3. The number of benzene rings is 2. The molecule has 8 nitrogen and oxygen atoms in total. The van der Waals surface area contributed by atoms with Crippen molar-refractivity contribution in [1.29, 1.82) is 0 Å². The van der Waals surface area contributed by atoms with Gasteiger partial charge in [-0.3, -0.25) is 9.59 Å². The molecule has 0 saturated carbocycles. The molecule has 1 heterocycles. The van der Waals surface area contributed by atoms with E-state index in [4.69, 9.17) is 9.47 Å². The second-order valence-corrected chi connectivity index (χ2v) is 10.9. The number of hydrogen-bond donors (Lipinski definition) is 2. The van der Waals surface area contributed by atoms with Gasteiger partial charge in [0.1, 0.15) is 17.4 Å². The number of carbonyl (C=O) groups is 3. The van der Waals surface area contributed by atoms with Crippen molar-refractivity contribution >= 4 is 56.3 Å². The minimum atomic E-state index is -0.955. The third kappa shape index (κ3) is 6.87. The molecule has 0 spiro atoms. The number of hydrogen-bond acceptors (Lipinski definition) is 7. The summed E-state index contributed by atoms with van der Waals surface area (Å²) in [7, 11) is 0. The van der Waals surface area contributed by atoms with Crippen LogP contribution in [-0.2, 0) is 33.8 Å². The van der Waals surface area contributed by atoms with Crippen LogP contribution in [0.2, 0.25) is 0 Å². The van der Waals surface area contributed by atoms with Gasteiger partial charge in [0, 0.05) is 14.9 Å². The highest BCUT2D eigenvalue weighted by Crippen LogP contribution is 2.40. The molecular formula is C28H28BrN3O5S. The van der Waals surface area contributed by atoms with Gasteiger partial charge in [0.15, 0.2) is 0 Å². The monoisotopic (exact) mass is 597 g/mol. The second kappa shape index (κ2) is 12.8. The number of amides is 2. The Morgan fingerprint density at radius 1 is 1.13 bits per heavy atom. The topological polar surface area (TPSA) is 106 Å². The van der Waals surface area contributed by atoms with Gasteiger partial charge in [-0.15, -0.1) is 11.3 Å². The molecule has 1 aliphatic rings. The van der Waals surface area contributed by atoms with E-state index in [0.29, 0.717) is 34.4 Å². The van der Waals surface area contributed by atoms with Crippen LogP contribution < -0.4 is 15.5 Å². The molecule has 3 aromatic rings. The Morgan fingerprint density at radius 3 is 2.66 bits per heavy atom. The quantitative estimate of drug-likeness (QED) is 0.155. The van der Waals surface area contributed by atoms with Crippen molar-refractivity contribution in [2.24, 2.45) is 11.0 Å². The second-order valence-electron chi connectivity index (χ2n) is 8.88. The van der Waals surface area contributed by atoms with E-state index in [1.54, 1.807) is 19.1 Å². The maximum Gasteiger partial charge on any atom is 0.341 e. The molecule has 0 unspecified atom stereocenters. The lowest BCUT2D eigenvalue weighted by molar-refractivity contribution is -0.136. The Bertz CT molecular complexity index is 1350. The molecule has 0 saturated heterocycles. The van der Waals surface area contributed by atoms with Crippen molar-refractivity contribution < 1.29 is 23.9 Å². The van der Waals surface area contributed by atoms with Crippen LogP contribution in [-0.4, -0.2) is 30.6 Å². The first kappa shape index (κ1) is 27.5. The Kier molecular flexibility index (Phi) is 9.30. The number of anilines is 1. The summed E-state index contributed by atoms with van der Waals surface area (Å²) in [6.45, 7) is 4.46. The highest BCUT2D eigenvalue weighted by Gasteiger charge is 2.30. The SMILES string of the molecule is CCOC(=O)c1c(NC(=O)C(=O)N/N=C\c2ccccc2OCc2ccc(Br)cc2)sc2c1CC[C@@H](C)C2. The average molecular weight is 599 g/mol. The van der Waals surface area contributed by atoms with Gasteiger partial charge in [-0.25, -0.2) is 10.2 Å². The standard InChI is InChI=1S/C28H28BrN3O5S/c1-3-36-28(35)24-21-13-8-17(2)14-23(21)38-27(24)31-25(33)26(34)32-30-15-19-6-4-5-7-22(19)37-16-18-9-11-20(29)12-10-18/h4-7,9-12,15,17H,3,8,13-14,16H2,1-2H3,(H,31,33)(H,32,34)/b30-15-/t17-/m1/s1. The Hall–Kier alpha value is -3.50. The van der Waals surface area contributed by atoms with Crippen LogP contribution in [0.5, 0.6) is 5.75 Å². The summed E-state index contributed by atoms with van der Waals surface area (Å²) in [5.74, 6) is -1.30. The lowest BCUT2D eigenvalue weighted by atomic mass is 9.88. The number of para-hydroxylation sites is 1. The molecule has 198 valence electrons. The van der Waals surface area contributed by atoms with Crippen LogP contribution in [0.15, 0.2) is 58.1 Å². The normalized spacial score (nSPS) is 14.6. The number of nitrogens with zero attached hydrogens (tertiary/aromatic N) is 1. The minimum Gasteiger partial charge on any atom is -0.488 e. The number of nitrogens with one attached hydrogen (secondary N) is 2. The fourth-order valence-corrected chi connectivity index (χ4v) is 5.75. The number of halogens is 1. The summed E-state index contributed by atoms with van der Waals surface area (Å²) in [6.07, 6.45) is 3.92. The number of hydrazone groups is 1. The van der Waals surface area contributed by atoms with Crippen molar-refractivity contribution in [3.8, 4) is 5.75 Å². The van der Waals surface area contributed by atoms with E-state index in [-0.39, 0.29) is 6.61 Å². The molecule has 2 aromatic carbocycles. The predicted molar refractivity (Wildman–Crippen MR) is 151 cm³/mol. The minimum absolute atomic E-state index is 0.219. The van der Waals surface area contributed by atoms with Crippen LogP contribution in [0.4, 0.5) is 5.00 Å². The van der Waals surface area contributed by atoms with Crippen LogP contribution in [0.3, 0.4) is 0 Å². The number of fused-ring (bicyclic) bond motifs is 1. The molecule has 1 aliphatic carbocycles. The summed E-state index contributed by atoms with van der Waals surface area (Å²) in [5, 5.41) is 6.85. The van der Waals surface area contributed by atoms with E-state index in [0.717, 1.165) is 39.7 Å². The Balaban J connectivity index is 1.40. The van der Waals surface area contributed by atoms with Crippen molar-refractivity contribution in [3.05, 3.63) is 80.1 Å². The van der Waals surface area contributed by atoms with E-state index in [1.165, 1.54) is 17.6 Å². The molecule has 2 amide bonds. The summed E-state index contributed by atoms with van der Waals surface area (Å²) < 4.78 is 12.1. The highest BCUT2D eigenvalue weighted by atomic mass is 79.9. The van der Waals surface area contributed by atoms with Gasteiger partial charge in [0.2, 0.25) is 0 Å². The van der Waals surface area contributed by atoms with E-state index >= 15 is 0 Å². The maximum absolute atomic E-state index is 12.6. The van der Waals surface area contributed by atoms with Gasteiger partial charge in [-0.2, -0.15) is 5.10 Å². The third-order valence-corrected chi connectivity index (χ3v) is 7.72. The van der Waals surface area contributed by atoms with Gasteiger partial charge in [-0.05, 0) is 67.5 Å². The fourth-order valence-electron chi connectivity index (χ4n) is 4.09. The van der Waals surface area contributed by atoms with E-state index in [2.05, 4.69) is 38.7 Å². The van der Waals surface area contributed by atoms with Gasteiger partial charge < -0.3 is 14.8 Å². The zero-order valence-corrected chi connectivity index (χ0v) is 23.5. The van der Waals surface area contributed by atoms with Gasteiger partial charge in [-0.1, -0.05) is 47.1 Å². The van der Waals surface area contributed by atoms with Crippen molar-refractivity contribution in [2.45, 2.75) is 39.7 Å². The molecule has 0 bridgehead atoms. The van der Waals surface area contributed by atoms with Crippen LogP contribution in [0.1, 0.15) is 52.2 Å². The first-order chi connectivity index (χ1) is 18.4. The molecule has 1 atom stereocenters. The van der Waals surface area contributed by atoms with Crippen LogP contribution in [0, 0.1) is 5.92 Å². The fraction of sp³-hybridized carbons (Fsp3) is 0.286. The lowest BCUT2D eigenvalue weighted by Gasteiger charge is -2.18. The molecule has 38 heavy (non-hydrogen) atoms. The molecule has 1 aromatic heterocycles. The summed E-state index contributed by atoms with van der Waals surface area (Å²) in [5.41, 5.74) is 5.13. The zero-order valence-electron chi connectivity index (χ0n) is 21.1. The Morgan fingerprint density at radius 2 is 1.89 bits per heavy atom. The molecule has 4 rings (SSSR count). The number of ether oxygens (including phenoxy) is 2. The summed E-state index contributed by atoms with van der Waals surface area (Å²) in [6, 6.07) is 15.0. The van der Waals surface area contributed by atoms with E-state index < -0.39 is 17.8 Å². The van der Waals surface area contributed by atoms with Crippen LogP contribution >= 0.6 is 27.3 Å². The van der Waals surface area contributed by atoms with E-state index in [1.807, 2.05) is 36.4 Å². The highest BCUT2D eigenvalue weighted by molar-refractivity contribution is 9.10. The first-order valence-corrected chi connectivity index (χ1v) is 13.9. The third-order valence-electron chi connectivity index (χ3n) is 6.02. The lowest BCUT2D eigenvalue weighted by Crippen LogP contribution is -2.32. The van der Waals surface area contributed by atoms with Crippen molar-refractivity contribution in [3.63, 3.8) is 0 Å². The van der Waals surface area contributed by atoms with Crippen LogP contribution in [0.25, 0.3) is 0 Å². The average Bonchev–Trinajstić information content (AvgIpc) is 3.25. The number of esters is 1. The first-order valence-electron chi connectivity index (χ1n) is 12.3. The molecule has 0 aliphatic heterocycles. The molecule has 0 fully saturated rings. The molecular weight excluding hydrogens is 570 g/mol. The number of thiophene rings is 1. The van der Waals surface area contributed by atoms with Crippen molar-refractivity contribution in [2.75, 3.05) is 11.9 Å². The molecule has 2 N–H and O–H groups in total. The largest absolute Gasteiger partial charge is 0.488 e. The maximum atomic E-state index is 12.6. The molecule has 10 heteroatoms. The van der Waals surface area contributed by atoms with Gasteiger partial charge in [0.25, 0.3) is 0 Å². The predicted octanol–water partition coefficient (Wildman–Crippen LogP) is 5.48. The van der Waals surface area contributed by atoms with Crippen molar-refractivity contribution in [1.82, 2.24) is 5.43 Å². The zero-order chi connectivity index (χ0) is 27.1. The van der Waals surface area contributed by atoms with Gasteiger partial charge in [0.05, 0.1) is 18.4 Å². The summed E-state index contributed by atoms with van der Waals surface area (Å²) in [4.78, 5) is 38.8. The molecule has 0 radical (unpaired) electrons. The summed E-state index contributed by atoms with van der Waals surface area (Å²) >= 11 is 4.73. The smallest absolute Gasteiger partial charge is 0.341 e. The van der Waals surface area contributed by atoms with E-state index in [9.17, 15) is 14.4 Å². The Labute approximate surface area is 233 Å².